The van der Waals surface area contributed by atoms with Gasteiger partial charge < -0.3 is 15.4 Å². The monoisotopic (exact) mass is 439 g/mol. The Labute approximate surface area is 161 Å². The number of hydrogen-bond donors (Lipinski definition) is 2. The highest BCUT2D eigenvalue weighted by molar-refractivity contribution is 14.0. The van der Waals surface area contributed by atoms with Gasteiger partial charge in [-0.1, -0.05) is 48.5 Å². The molecule has 0 radical (unpaired) electrons. The fourth-order valence-corrected chi connectivity index (χ4v) is 2.32. The Kier molecular flexibility index (Phi) is 9.91. The molecule has 0 spiro atoms. The minimum atomic E-state index is 0. The van der Waals surface area contributed by atoms with Gasteiger partial charge in [0.15, 0.2) is 5.96 Å². The number of ether oxygens (including phenoxy) is 1. The largest absolute Gasteiger partial charge is 0.494 e. The highest BCUT2D eigenvalue weighted by Crippen LogP contribution is 2.17. The molecule has 130 valence electrons. The molecule has 0 atom stereocenters. The van der Waals surface area contributed by atoms with Crippen LogP contribution >= 0.6 is 24.0 Å². The van der Waals surface area contributed by atoms with Crippen molar-refractivity contribution >= 4 is 29.9 Å². The molecule has 0 aliphatic rings. The second kappa shape index (κ2) is 11.7. The molecule has 5 heteroatoms. The first kappa shape index (κ1) is 20.3. The van der Waals surface area contributed by atoms with Gasteiger partial charge in [-0.25, -0.2) is 0 Å². The second-order valence-electron chi connectivity index (χ2n) is 5.13. The summed E-state index contributed by atoms with van der Waals surface area (Å²) in [7, 11) is 1.78. The number of aliphatic imine (C=N–C) groups is 1. The predicted molar refractivity (Wildman–Crippen MR) is 111 cm³/mol. The lowest BCUT2D eigenvalue weighted by Gasteiger charge is -2.14. The van der Waals surface area contributed by atoms with Crippen molar-refractivity contribution in [3.8, 4) is 5.75 Å². The van der Waals surface area contributed by atoms with Crippen LogP contribution in [0.1, 0.15) is 18.1 Å². The molecule has 0 fully saturated rings. The summed E-state index contributed by atoms with van der Waals surface area (Å²) in [5.74, 6) is 1.72. The number of benzene rings is 2. The Hall–Kier alpha value is -1.76. The third-order valence-corrected chi connectivity index (χ3v) is 3.49. The van der Waals surface area contributed by atoms with E-state index < -0.39 is 0 Å². The molecule has 4 nitrogen and oxygen atoms in total. The molecule has 0 aliphatic heterocycles. The zero-order valence-electron chi connectivity index (χ0n) is 14.3. The average Bonchev–Trinajstić information content (AvgIpc) is 2.60. The minimum Gasteiger partial charge on any atom is -0.494 e. The smallest absolute Gasteiger partial charge is 0.191 e. The SMILES string of the molecule is CCOc1ccccc1CNC(=NC)NCCc1ccccc1.I. The Balaban J connectivity index is 0.00000288. The number of para-hydroxylation sites is 1. The molecule has 2 aromatic carbocycles. The second-order valence-corrected chi connectivity index (χ2v) is 5.13. The maximum Gasteiger partial charge on any atom is 0.191 e. The summed E-state index contributed by atoms with van der Waals surface area (Å²) in [6, 6.07) is 18.5. The number of rotatable bonds is 7. The third-order valence-electron chi connectivity index (χ3n) is 3.49. The summed E-state index contributed by atoms with van der Waals surface area (Å²) in [6.07, 6.45) is 0.969. The normalized spacial score (nSPS) is 10.7. The number of nitrogens with one attached hydrogen (secondary N) is 2. The van der Waals surface area contributed by atoms with Crippen molar-refractivity contribution in [2.45, 2.75) is 19.9 Å². The van der Waals surface area contributed by atoms with Gasteiger partial charge in [-0.2, -0.15) is 0 Å². The predicted octanol–water partition coefficient (Wildman–Crippen LogP) is 3.61. The van der Waals surface area contributed by atoms with Crippen molar-refractivity contribution in [1.29, 1.82) is 0 Å². The van der Waals surface area contributed by atoms with Gasteiger partial charge in [0.25, 0.3) is 0 Å². The molecule has 24 heavy (non-hydrogen) atoms. The van der Waals surface area contributed by atoms with Gasteiger partial charge in [0.1, 0.15) is 5.75 Å². The first-order valence-electron chi connectivity index (χ1n) is 8.02. The summed E-state index contributed by atoms with van der Waals surface area (Å²) in [5, 5.41) is 6.67. The highest BCUT2D eigenvalue weighted by atomic mass is 127. The van der Waals surface area contributed by atoms with E-state index in [1.54, 1.807) is 7.05 Å². The van der Waals surface area contributed by atoms with Crippen molar-refractivity contribution in [1.82, 2.24) is 10.6 Å². The van der Waals surface area contributed by atoms with Crippen LogP contribution in [0.25, 0.3) is 0 Å². The maximum absolute atomic E-state index is 5.64. The lowest BCUT2D eigenvalue weighted by atomic mass is 10.1. The summed E-state index contributed by atoms with van der Waals surface area (Å²) < 4.78 is 5.64. The van der Waals surface area contributed by atoms with Gasteiger partial charge in [0.05, 0.1) is 6.61 Å². The molecule has 0 heterocycles. The molecule has 0 aromatic heterocycles. The first-order chi connectivity index (χ1) is 11.3. The van der Waals surface area contributed by atoms with Gasteiger partial charge in [0.2, 0.25) is 0 Å². The molecule has 0 saturated carbocycles. The van der Waals surface area contributed by atoms with Gasteiger partial charge in [-0.05, 0) is 25.0 Å². The number of guanidine groups is 1. The molecule has 2 N–H and O–H groups in total. The molecule has 2 aromatic rings. The zero-order chi connectivity index (χ0) is 16.3. The van der Waals surface area contributed by atoms with Gasteiger partial charge in [-0.15, -0.1) is 24.0 Å². The fraction of sp³-hybridized carbons (Fsp3) is 0.316. The average molecular weight is 439 g/mol. The van der Waals surface area contributed by atoms with E-state index in [4.69, 9.17) is 4.74 Å². The van der Waals surface area contributed by atoms with E-state index in [9.17, 15) is 0 Å². The highest BCUT2D eigenvalue weighted by Gasteiger charge is 2.03. The van der Waals surface area contributed by atoms with Crippen LogP contribution in [0.5, 0.6) is 5.75 Å². The molecule has 0 amide bonds. The minimum absolute atomic E-state index is 0. The summed E-state index contributed by atoms with van der Waals surface area (Å²) in [6.45, 7) is 4.19. The van der Waals surface area contributed by atoms with Crippen LogP contribution in [0.3, 0.4) is 0 Å². The van der Waals surface area contributed by atoms with Crippen LogP contribution in [0.4, 0.5) is 0 Å². The summed E-state index contributed by atoms with van der Waals surface area (Å²) >= 11 is 0. The van der Waals surface area contributed by atoms with E-state index in [2.05, 4.69) is 46.0 Å². The van der Waals surface area contributed by atoms with E-state index in [-0.39, 0.29) is 24.0 Å². The lowest BCUT2D eigenvalue weighted by molar-refractivity contribution is 0.336. The van der Waals surface area contributed by atoms with Crippen LogP contribution < -0.4 is 15.4 Å². The van der Waals surface area contributed by atoms with Crippen molar-refractivity contribution in [2.24, 2.45) is 4.99 Å². The van der Waals surface area contributed by atoms with E-state index in [1.807, 2.05) is 31.2 Å². The Morgan fingerprint density at radius 2 is 1.71 bits per heavy atom. The molecule has 0 aliphatic carbocycles. The van der Waals surface area contributed by atoms with Crippen LogP contribution in [0.2, 0.25) is 0 Å². The quantitative estimate of drug-likeness (QED) is 0.394. The van der Waals surface area contributed by atoms with Crippen molar-refractivity contribution in [2.75, 3.05) is 20.2 Å². The van der Waals surface area contributed by atoms with Crippen LogP contribution in [-0.2, 0) is 13.0 Å². The van der Waals surface area contributed by atoms with Gasteiger partial charge in [-0.3, -0.25) is 4.99 Å². The van der Waals surface area contributed by atoms with E-state index in [0.29, 0.717) is 13.2 Å². The third kappa shape index (κ3) is 6.78. The number of hydrogen-bond acceptors (Lipinski definition) is 2. The van der Waals surface area contributed by atoms with Crippen LogP contribution in [0.15, 0.2) is 59.6 Å². The number of halogens is 1. The van der Waals surface area contributed by atoms with Gasteiger partial charge >= 0.3 is 0 Å². The van der Waals surface area contributed by atoms with Crippen molar-refractivity contribution < 1.29 is 4.74 Å². The maximum atomic E-state index is 5.64. The first-order valence-corrected chi connectivity index (χ1v) is 8.02. The number of nitrogens with zero attached hydrogens (tertiary/aromatic N) is 1. The molecular formula is C19H26IN3O. The van der Waals surface area contributed by atoms with E-state index in [1.165, 1.54) is 5.56 Å². The molecular weight excluding hydrogens is 413 g/mol. The Bertz CT molecular complexity index is 617. The Morgan fingerprint density at radius 1 is 1.00 bits per heavy atom. The van der Waals surface area contributed by atoms with Gasteiger partial charge in [0, 0.05) is 25.7 Å². The Morgan fingerprint density at radius 3 is 2.42 bits per heavy atom. The lowest BCUT2D eigenvalue weighted by Crippen LogP contribution is -2.37. The van der Waals surface area contributed by atoms with Crippen molar-refractivity contribution in [3.05, 3.63) is 65.7 Å². The molecule has 0 bridgehead atoms. The standard InChI is InChI=1S/C19H25N3O.HI/c1-3-23-18-12-8-7-11-17(18)15-22-19(20-2)21-14-13-16-9-5-4-6-10-16;/h4-12H,3,13-15H2,1-2H3,(H2,20,21,22);1H. The topological polar surface area (TPSA) is 45.6 Å². The van der Waals surface area contributed by atoms with Crippen LogP contribution in [-0.4, -0.2) is 26.2 Å². The molecule has 2 rings (SSSR count). The fourth-order valence-electron chi connectivity index (χ4n) is 2.32. The van der Waals surface area contributed by atoms with Crippen molar-refractivity contribution in [3.63, 3.8) is 0 Å². The summed E-state index contributed by atoms with van der Waals surface area (Å²) in [4.78, 5) is 4.26. The van der Waals surface area contributed by atoms with E-state index in [0.717, 1.165) is 30.2 Å². The van der Waals surface area contributed by atoms with Crippen LogP contribution in [0, 0.1) is 0 Å². The zero-order valence-corrected chi connectivity index (χ0v) is 16.6. The summed E-state index contributed by atoms with van der Waals surface area (Å²) in [5.41, 5.74) is 2.44. The molecule has 0 saturated heterocycles. The molecule has 0 unspecified atom stereocenters. The van der Waals surface area contributed by atoms with E-state index >= 15 is 0 Å².